The number of hydrogen-bond acceptors (Lipinski definition) is 2. The van der Waals surface area contributed by atoms with Crippen LogP contribution in [-0.2, 0) is 0 Å². The van der Waals surface area contributed by atoms with Crippen LogP contribution in [0.5, 0.6) is 0 Å². The second-order valence-corrected chi connectivity index (χ2v) is 7.38. The minimum Gasteiger partial charge on any atom is -0.309 e. The van der Waals surface area contributed by atoms with Crippen LogP contribution in [0.2, 0.25) is 0 Å². The molecule has 0 saturated heterocycles. The Hall–Kier alpha value is -0.220. The molecule has 0 aliphatic carbocycles. The Labute approximate surface area is 130 Å². The van der Waals surface area contributed by atoms with E-state index in [-0.39, 0.29) is 18.9 Å². The van der Waals surface area contributed by atoms with E-state index in [0.717, 1.165) is 19.5 Å². The molecule has 0 rings (SSSR count). The Bertz CT molecular complexity index is 255. The standard InChI is InChI=1S/C17H36F2N2/c1-15(2)13-17(18,19)14-21(6)12-10-16(3)9-7-8-11-20(4)5/h15-16H,7-14H2,1-6H3. The first-order chi connectivity index (χ1) is 9.62. The van der Waals surface area contributed by atoms with Crippen LogP contribution in [0.15, 0.2) is 0 Å². The Morgan fingerprint density at radius 3 is 2.05 bits per heavy atom. The van der Waals surface area contributed by atoms with Gasteiger partial charge < -0.3 is 9.80 Å². The lowest BCUT2D eigenvalue weighted by Gasteiger charge is -2.26. The molecule has 0 saturated carbocycles. The smallest absolute Gasteiger partial charge is 0.260 e. The van der Waals surface area contributed by atoms with Crippen molar-refractivity contribution in [2.24, 2.45) is 11.8 Å². The highest BCUT2D eigenvalue weighted by atomic mass is 19.3. The monoisotopic (exact) mass is 306 g/mol. The third-order valence-electron chi connectivity index (χ3n) is 3.76. The van der Waals surface area contributed by atoms with Crippen molar-refractivity contribution in [3.8, 4) is 0 Å². The zero-order chi connectivity index (χ0) is 16.5. The van der Waals surface area contributed by atoms with Crippen LogP contribution in [0.4, 0.5) is 8.78 Å². The van der Waals surface area contributed by atoms with Crippen molar-refractivity contribution in [3.63, 3.8) is 0 Å². The summed E-state index contributed by atoms with van der Waals surface area (Å²) in [5, 5.41) is 0. The maximum Gasteiger partial charge on any atom is 0.260 e. The molecule has 0 aliphatic rings. The lowest BCUT2D eigenvalue weighted by molar-refractivity contribution is -0.0439. The molecule has 2 nitrogen and oxygen atoms in total. The fourth-order valence-electron chi connectivity index (χ4n) is 2.64. The van der Waals surface area contributed by atoms with Gasteiger partial charge in [0.1, 0.15) is 0 Å². The number of unbranched alkanes of at least 4 members (excludes halogenated alkanes) is 1. The molecule has 0 aromatic rings. The number of nitrogens with zero attached hydrogens (tertiary/aromatic N) is 2. The van der Waals surface area contributed by atoms with Gasteiger partial charge in [0.2, 0.25) is 0 Å². The van der Waals surface area contributed by atoms with E-state index in [2.05, 4.69) is 25.9 Å². The minimum absolute atomic E-state index is 0.0164. The maximum absolute atomic E-state index is 13.7. The van der Waals surface area contributed by atoms with Gasteiger partial charge in [0, 0.05) is 6.42 Å². The molecule has 0 N–H and O–H groups in total. The zero-order valence-electron chi connectivity index (χ0n) is 15.0. The van der Waals surface area contributed by atoms with E-state index in [0.29, 0.717) is 5.92 Å². The molecule has 0 spiro atoms. The van der Waals surface area contributed by atoms with E-state index in [4.69, 9.17) is 0 Å². The first-order valence-corrected chi connectivity index (χ1v) is 8.33. The summed E-state index contributed by atoms with van der Waals surface area (Å²) in [6.07, 6.45) is 4.64. The fraction of sp³-hybridized carbons (Fsp3) is 1.00. The van der Waals surface area contributed by atoms with Crippen LogP contribution in [0.3, 0.4) is 0 Å². The fourth-order valence-corrected chi connectivity index (χ4v) is 2.64. The lowest BCUT2D eigenvalue weighted by atomic mass is 10.00. The van der Waals surface area contributed by atoms with E-state index >= 15 is 0 Å². The van der Waals surface area contributed by atoms with Crippen LogP contribution in [0.25, 0.3) is 0 Å². The van der Waals surface area contributed by atoms with Gasteiger partial charge in [0.15, 0.2) is 0 Å². The molecule has 1 atom stereocenters. The van der Waals surface area contributed by atoms with Gasteiger partial charge in [-0.15, -0.1) is 0 Å². The number of hydrogen-bond donors (Lipinski definition) is 0. The first kappa shape index (κ1) is 20.8. The average molecular weight is 306 g/mol. The highest BCUT2D eigenvalue weighted by Gasteiger charge is 2.31. The molecule has 0 radical (unpaired) electrons. The lowest BCUT2D eigenvalue weighted by Crippen LogP contribution is -2.36. The molecule has 0 heterocycles. The Kier molecular flexibility index (Phi) is 10.4. The van der Waals surface area contributed by atoms with Gasteiger partial charge in [-0.05, 0) is 58.9 Å². The molecule has 1 unspecified atom stereocenters. The van der Waals surface area contributed by atoms with Crippen molar-refractivity contribution in [2.75, 3.05) is 40.8 Å². The van der Waals surface area contributed by atoms with Crippen molar-refractivity contribution in [3.05, 3.63) is 0 Å². The predicted molar refractivity (Wildman–Crippen MR) is 88.1 cm³/mol. The molecule has 0 bridgehead atoms. The third kappa shape index (κ3) is 13.2. The minimum atomic E-state index is -2.56. The van der Waals surface area contributed by atoms with Crippen molar-refractivity contribution in [1.82, 2.24) is 9.80 Å². The Morgan fingerprint density at radius 2 is 1.52 bits per heavy atom. The number of halogens is 2. The summed E-state index contributed by atoms with van der Waals surface area (Å²) in [4.78, 5) is 3.99. The molecular weight excluding hydrogens is 270 g/mol. The summed E-state index contributed by atoms with van der Waals surface area (Å²) in [7, 11) is 6.00. The molecule has 4 heteroatoms. The SMILES string of the molecule is CC(C)CC(F)(F)CN(C)CCC(C)CCCCN(C)C. The summed E-state index contributed by atoms with van der Waals surface area (Å²) < 4.78 is 27.5. The van der Waals surface area contributed by atoms with Gasteiger partial charge in [-0.25, -0.2) is 8.78 Å². The Balaban J connectivity index is 3.78. The number of alkyl halides is 2. The van der Waals surface area contributed by atoms with E-state index in [1.165, 1.54) is 19.3 Å². The van der Waals surface area contributed by atoms with Gasteiger partial charge in [0.25, 0.3) is 5.92 Å². The van der Waals surface area contributed by atoms with Crippen LogP contribution >= 0.6 is 0 Å². The van der Waals surface area contributed by atoms with Crippen LogP contribution in [0, 0.1) is 11.8 Å². The zero-order valence-corrected chi connectivity index (χ0v) is 15.0. The summed E-state index contributed by atoms with van der Waals surface area (Å²) in [5.74, 6) is -1.89. The summed E-state index contributed by atoms with van der Waals surface area (Å²) in [6, 6.07) is 0. The first-order valence-electron chi connectivity index (χ1n) is 8.33. The van der Waals surface area contributed by atoms with E-state index in [1.807, 2.05) is 20.9 Å². The van der Waals surface area contributed by atoms with E-state index in [1.54, 1.807) is 4.90 Å². The van der Waals surface area contributed by atoms with Gasteiger partial charge >= 0.3 is 0 Å². The van der Waals surface area contributed by atoms with Crippen LogP contribution < -0.4 is 0 Å². The predicted octanol–water partition coefficient (Wildman–Crippen LogP) is 4.36. The van der Waals surface area contributed by atoms with Crippen molar-refractivity contribution in [1.29, 1.82) is 0 Å². The topological polar surface area (TPSA) is 6.48 Å². The van der Waals surface area contributed by atoms with Gasteiger partial charge in [0.05, 0.1) is 6.54 Å². The van der Waals surface area contributed by atoms with Crippen molar-refractivity contribution >= 4 is 0 Å². The van der Waals surface area contributed by atoms with E-state index < -0.39 is 5.92 Å². The molecule has 0 aromatic heterocycles. The second-order valence-electron chi connectivity index (χ2n) is 7.38. The Morgan fingerprint density at radius 1 is 0.905 bits per heavy atom. The average Bonchev–Trinajstić information content (AvgIpc) is 2.29. The summed E-state index contributed by atoms with van der Waals surface area (Å²) in [5.41, 5.74) is 0. The molecule has 21 heavy (non-hydrogen) atoms. The molecule has 128 valence electrons. The second kappa shape index (κ2) is 10.5. The quantitative estimate of drug-likeness (QED) is 0.494. The van der Waals surface area contributed by atoms with Gasteiger partial charge in [-0.2, -0.15) is 0 Å². The van der Waals surface area contributed by atoms with Crippen LogP contribution in [-0.4, -0.2) is 56.5 Å². The molecular formula is C17H36F2N2. The molecule has 0 aromatic carbocycles. The highest BCUT2D eigenvalue weighted by molar-refractivity contribution is 4.72. The van der Waals surface area contributed by atoms with Crippen LogP contribution in [0.1, 0.15) is 52.9 Å². The van der Waals surface area contributed by atoms with Gasteiger partial charge in [-0.3, -0.25) is 0 Å². The van der Waals surface area contributed by atoms with Crippen molar-refractivity contribution in [2.45, 2.75) is 58.8 Å². The van der Waals surface area contributed by atoms with Crippen molar-refractivity contribution < 1.29 is 8.78 Å². The summed E-state index contributed by atoms with van der Waals surface area (Å²) in [6.45, 7) is 7.72. The third-order valence-corrected chi connectivity index (χ3v) is 3.76. The summed E-state index contributed by atoms with van der Waals surface area (Å²) >= 11 is 0. The largest absolute Gasteiger partial charge is 0.309 e. The molecule has 0 amide bonds. The highest BCUT2D eigenvalue weighted by Crippen LogP contribution is 2.24. The molecule has 0 fully saturated rings. The molecule has 0 aliphatic heterocycles. The van der Waals surface area contributed by atoms with E-state index in [9.17, 15) is 8.78 Å². The number of rotatable bonds is 12. The van der Waals surface area contributed by atoms with Gasteiger partial charge in [-0.1, -0.05) is 33.6 Å². The maximum atomic E-state index is 13.7. The normalized spacial score (nSPS) is 14.4.